The molecule has 3 aliphatic rings. The number of aliphatic hydroxyl groups is 1. The predicted molar refractivity (Wildman–Crippen MR) is 166 cm³/mol. The van der Waals surface area contributed by atoms with Gasteiger partial charge in [-0.25, -0.2) is 0 Å². The standard InChI is InChI=1S/C34H58N2O6/c1-6-11-27-12-8-13-29(40-27)22-32(38)36-23-30(37)26(5)33(39)35-21-10-15-31-25(4)18-20-34(42-31)19-9-14-28(41-34)17-16-24(3)7-2/h6-7,24-31,37H,1-2,8-23H2,3-5H3,(H,35,39)(H,36,38)/t24-,25+,26+,27+,28+,29-,30+,31-,34+/m1/s1. The highest BCUT2D eigenvalue weighted by Crippen LogP contribution is 2.43. The zero-order valence-corrected chi connectivity index (χ0v) is 26.5. The summed E-state index contributed by atoms with van der Waals surface area (Å²) in [6, 6.07) is 0. The molecule has 3 fully saturated rings. The van der Waals surface area contributed by atoms with Gasteiger partial charge in [0.25, 0.3) is 0 Å². The van der Waals surface area contributed by atoms with Crippen LogP contribution in [0.3, 0.4) is 0 Å². The summed E-state index contributed by atoms with van der Waals surface area (Å²) in [5.41, 5.74) is 0. The Morgan fingerprint density at radius 2 is 1.76 bits per heavy atom. The quantitative estimate of drug-likeness (QED) is 0.160. The number of amides is 2. The fourth-order valence-electron chi connectivity index (χ4n) is 6.50. The number of rotatable bonds is 16. The molecular formula is C34H58N2O6. The highest BCUT2D eigenvalue weighted by molar-refractivity contribution is 5.79. The summed E-state index contributed by atoms with van der Waals surface area (Å²) in [6.45, 7) is 14.4. The lowest BCUT2D eigenvalue weighted by Gasteiger charge is -2.48. The van der Waals surface area contributed by atoms with Crippen molar-refractivity contribution >= 4 is 11.8 Å². The summed E-state index contributed by atoms with van der Waals surface area (Å²) in [5, 5.41) is 16.3. The maximum absolute atomic E-state index is 12.7. The average molecular weight is 591 g/mol. The van der Waals surface area contributed by atoms with Crippen LogP contribution in [0.1, 0.15) is 111 Å². The van der Waals surface area contributed by atoms with Crippen LogP contribution >= 0.6 is 0 Å². The molecule has 3 saturated heterocycles. The smallest absolute Gasteiger partial charge is 0.225 e. The Hall–Kier alpha value is -1.74. The monoisotopic (exact) mass is 590 g/mol. The van der Waals surface area contributed by atoms with Gasteiger partial charge in [0.1, 0.15) is 0 Å². The fraction of sp³-hybridized carbons (Fsp3) is 0.824. The van der Waals surface area contributed by atoms with E-state index in [1.807, 2.05) is 12.2 Å². The summed E-state index contributed by atoms with van der Waals surface area (Å²) >= 11 is 0. The molecule has 42 heavy (non-hydrogen) atoms. The van der Waals surface area contributed by atoms with E-state index in [1.54, 1.807) is 6.92 Å². The molecule has 0 saturated carbocycles. The number of ether oxygens (including phenoxy) is 3. The number of hydrogen-bond donors (Lipinski definition) is 3. The molecule has 8 heteroatoms. The first-order valence-electron chi connectivity index (χ1n) is 16.6. The van der Waals surface area contributed by atoms with E-state index in [0.717, 1.165) is 83.5 Å². The maximum Gasteiger partial charge on any atom is 0.225 e. The molecule has 3 heterocycles. The highest BCUT2D eigenvalue weighted by atomic mass is 16.7. The fourth-order valence-corrected chi connectivity index (χ4v) is 6.50. The molecule has 0 aliphatic carbocycles. The van der Waals surface area contributed by atoms with Crippen LogP contribution in [0.2, 0.25) is 0 Å². The lowest BCUT2D eigenvalue weighted by Crippen LogP contribution is -2.50. The molecule has 0 bridgehead atoms. The molecular weight excluding hydrogens is 532 g/mol. The van der Waals surface area contributed by atoms with Crippen molar-refractivity contribution in [1.82, 2.24) is 10.6 Å². The predicted octanol–water partition coefficient (Wildman–Crippen LogP) is 5.58. The van der Waals surface area contributed by atoms with Crippen molar-refractivity contribution in [3.63, 3.8) is 0 Å². The van der Waals surface area contributed by atoms with Crippen LogP contribution in [-0.4, -0.2) is 66.3 Å². The van der Waals surface area contributed by atoms with Gasteiger partial charge in [0.05, 0.1) is 42.9 Å². The van der Waals surface area contributed by atoms with Gasteiger partial charge < -0.3 is 30.0 Å². The largest absolute Gasteiger partial charge is 0.390 e. The first-order chi connectivity index (χ1) is 20.1. The van der Waals surface area contributed by atoms with Gasteiger partial charge in [-0.3, -0.25) is 9.59 Å². The molecule has 0 radical (unpaired) electrons. The van der Waals surface area contributed by atoms with Crippen molar-refractivity contribution in [2.75, 3.05) is 13.1 Å². The first kappa shape index (κ1) is 34.7. The van der Waals surface area contributed by atoms with Crippen LogP contribution in [0, 0.1) is 17.8 Å². The van der Waals surface area contributed by atoms with Gasteiger partial charge in [-0.05, 0) is 82.5 Å². The summed E-state index contributed by atoms with van der Waals surface area (Å²) in [4.78, 5) is 25.1. The Morgan fingerprint density at radius 1 is 1.00 bits per heavy atom. The summed E-state index contributed by atoms with van der Waals surface area (Å²) in [6.07, 6.45) is 16.3. The van der Waals surface area contributed by atoms with Crippen LogP contribution < -0.4 is 10.6 Å². The van der Waals surface area contributed by atoms with Crippen molar-refractivity contribution < 1.29 is 28.9 Å². The van der Waals surface area contributed by atoms with Crippen LogP contribution in [0.4, 0.5) is 0 Å². The van der Waals surface area contributed by atoms with E-state index in [4.69, 9.17) is 14.2 Å². The van der Waals surface area contributed by atoms with Crippen LogP contribution in [0.5, 0.6) is 0 Å². The second-order valence-electron chi connectivity index (χ2n) is 13.1. The molecule has 3 rings (SSSR count). The van der Waals surface area contributed by atoms with E-state index >= 15 is 0 Å². The maximum atomic E-state index is 12.7. The molecule has 3 aliphatic heterocycles. The lowest BCUT2D eigenvalue weighted by atomic mass is 9.85. The number of hydrogen-bond acceptors (Lipinski definition) is 6. The van der Waals surface area contributed by atoms with Crippen molar-refractivity contribution in [2.24, 2.45) is 17.8 Å². The molecule has 0 aromatic heterocycles. The van der Waals surface area contributed by atoms with Crippen LogP contribution in [0.25, 0.3) is 0 Å². The van der Waals surface area contributed by atoms with Gasteiger partial charge >= 0.3 is 0 Å². The molecule has 8 nitrogen and oxygen atoms in total. The topological polar surface area (TPSA) is 106 Å². The Morgan fingerprint density at radius 3 is 2.52 bits per heavy atom. The Bertz CT molecular complexity index is 867. The lowest BCUT2D eigenvalue weighted by molar-refractivity contribution is -0.324. The van der Waals surface area contributed by atoms with Gasteiger partial charge in [0.2, 0.25) is 11.8 Å². The number of nitrogens with one attached hydrogen (secondary N) is 2. The Balaban J connectivity index is 1.33. The molecule has 0 aromatic rings. The summed E-state index contributed by atoms with van der Waals surface area (Å²) in [7, 11) is 0. The van der Waals surface area contributed by atoms with E-state index < -0.39 is 17.8 Å². The third kappa shape index (κ3) is 11.1. The van der Waals surface area contributed by atoms with Gasteiger partial charge in [-0.2, -0.15) is 0 Å². The molecule has 0 unspecified atom stereocenters. The molecule has 2 amide bonds. The van der Waals surface area contributed by atoms with E-state index in [2.05, 4.69) is 37.6 Å². The molecule has 0 aromatic carbocycles. The van der Waals surface area contributed by atoms with Crippen LogP contribution in [-0.2, 0) is 23.8 Å². The van der Waals surface area contributed by atoms with E-state index in [0.29, 0.717) is 18.4 Å². The molecule has 240 valence electrons. The number of aliphatic hydroxyl groups excluding tert-OH is 1. The minimum absolute atomic E-state index is 0.0409. The number of allylic oxidation sites excluding steroid dienone is 1. The Labute approximate surface area is 254 Å². The van der Waals surface area contributed by atoms with Crippen molar-refractivity contribution in [2.45, 2.75) is 147 Å². The highest BCUT2D eigenvalue weighted by Gasteiger charge is 2.44. The number of carbonyl (C=O) groups excluding carboxylic acids is 2. The van der Waals surface area contributed by atoms with Gasteiger partial charge in [0.15, 0.2) is 5.79 Å². The molecule has 1 spiro atoms. The van der Waals surface area contributed by atoms with E-state index in [1.165, 1.54) is 0 Å². The van der Waals surface area contributed by atoms with E-state index in [-0.39, 0.29) is 49.2 Å². The third-order valence-electron chi connectivity index (χ3n) is 9.54. The zero-order chi connectivity index (χ0) is 30.5. The summed E-state index contributed by atoms with van der Waals surface area (Å²) in [5.74, 6) is -0.502. The number of carbonyl (C=O) groups is 2. The SMILES string of the molecule is C=CC[C@H]1CCC[C@H](CC(=O)NC[C@H](O)[C@H](C)C(=O)NCCC[C@H]2O[C@@]3(CCC[C@@H](CC[C@H](C)C=C)O3)CC[C@@H]2C)O1. The summed E-state index contributed by atoms with van der Waals surface area (Å²) < 4.78 is 19.2. The normalized spacial score (nSPS) is 32.0. The minimum Gasteiger partial charge on any atom is -0.390 e. The van der Waals surface area contributed by atoms with Gasteiger partial charge in [-0.15, -0.1) is 13.2 Å². The van der Waals surface area contributed by atoms with Crippen molar-refractivity contribution in [3.05, 3.63) is 25.3 Å². The second-order valence-corrected chi connectivity index (χ2v) is 13.1. The van der Waals surface area contributed by atoms with Crippen LogP contribution in [0.15, 0.2) is 25.3 Å². The molecule has 9 atom stereocenters. The molecule has 3 N–H and O–H groups in total. The van der Waals surface area contributed by atoms with Crippen molar-refractivity contribution in [1.29, 1.82) is 0 Å². The van der Waals surface area contributed by atoms with E-state index in [9.17, 15) is 14.7 Å². The average Bonchev–Trinajstić information content (AvgIpc) is 2.98. The third-order valence-corrected chi connectivity index (χ3v) is 9.54. The first-order valence-corrected chi connectivity index (χ1v) is 16.6. The van der Waals surface area contributed by atoms with Gasteiger partial charge in [0, 0.05) is 25.9 Å². The Kier molecular flexibility index (Phi) is 14.5. The zero-order valence-electron chi connectivity index (χ0n) is 26.5. The minimum atomic E-state index is -0.956. The van der Waals surface area contributed by atoms with Crippen molar-refractivity contribution in [3.8, 4) is 0 Å². The second kappa shape index (κ2) is 17.5. The van der Waals surface area contributed by atoms with Gasteiger partial charge in [-0.1, -0.05) is 32.9 Å².